The van der Waals surface area contributed by atoms with Crippen LogP contribution < -0.4 is 0 Å². The van der Waals surface area contributed by atoms with Gasteiger partial charge in [0, 0.05) is 19.3 Å². The van der Waals surface area contributed by atoms with Gasteiger partial charge < -0.3 is 14.2 Å². The molecule has 0 saturated heterocycles. The molecule has 0 spiro atoms. The quantitative estimate of drug-likeness (QED) is 0.0343. The van der Waals surface area contributed by atoms with Gasteiger partial charge in [-0.25, -0.2) is 0 Å². The Hall–Kier alpha value is -1.59. The maximum Gasteiger partial charge on any atom is 0.306 e. The van der Waals surface area contributed by atoms with Crippen molar-refractivity contribution in [3.8, 4) is 0 Å². The van der Waals surface area contributed by atoms with Gasteiger partial charge in [0.15, 0.2) is 6.10 Å². The fraction of sp³-hybridized carbons (Fsp3) is 0.951. The fourth-order valence-corrected chi connectivity index (χ4v) is 9.51. The lowest BCUT2D eigenvalue weighted by Crippen LogP contribution is -2.30. The summed E-state index contributed by atoms with van der Waals surface area (Å²) < 4.78 is 16.8. The Balaban J connectivity index is 4.03. The lowest BCUT2D eigenvalue weighted by atomic mass is 10.0. The summed E-state index contributed by atoms with van der Waals surface area (Å²) in [7, 11) is 0. The summed E-state index contributed by atoms with van der Waals surface area (Å²) in [6.07, 6.45) is 64.2. The molecule has 0 aliphatic heterocycles. The van der Waals surface area contributed by atoms with Crippen LogP contribution in [0.2, 0.25) is 0 Å². The van der Waals surface area contributed by atoms with Crippen LogP contribution >= 0.6 is 0 Å². The largest absolute Gasteiger partial charge is 0.462 e. The maximum atomic E-state index is 12.8. The topological polar surface area (TPSA) is 78.9 Å². The summed E-state index contributed by atoms with van der Waals surface area (Å²) in [6, 6.07) is 0. The van der Waals surface area contributed by atoms with Gasteiger partial charge in [0.1, 0.15) is 13.2 Å². The third kappa shape index (κ3) is 55.2. The second-order valence-electron chi connectivity index (χ2n) is 21.0. The Kier molecular flexibility index (Phi) is 55.6. The van der Waals surface area contributed by atoms with Crippen molar-refractivity contribution < 1.29 is 28.6 Å². The summed E-state index contributed by atoms with van der Waals surface area (Å²) in [5.74, 6) is -0.839. The number of hydrogen-bond acceptors (Lipinski definition) is 6. The van der Waals surface area contributed by atoms with E-state index in [1.165, 1.54) is 257 Å². The zero-order valence-corrected chi connectivity index (χ0v) is 45.7. The predicted octanol–water partition coefficient (Wildman–Crippen LogP) is 20.3. The molecule has 1 atom stereocenters. The zero-order chi connectivity index (χ0) is 48.6. The summed E-state index contributed by atoms with van der Waals surface area (Å²) >= 11 is 0. The number of carbonyl (C=O) groups is 3. The predicted molar refractivity (Wildman–Crippen MR) is 289 cm³/mol. The third-order valence-corrected chi connectivity index (χ3v) is 14.1. The lowest BCUT2D eigenvalue weighted by Gasteiger charge is -2.18. The molecule has 0 bridgehead atoms. The summed E-state index contributed by atoms with van der Waals surface area (Å²) in [4.78, 5) is 38.0. The van der Waals surface area contributed by atoms with Crippen LogP contribution in [0.3, 0.4) is 0 Å². The Labute approximate surface area is 418 Å². The van der Waals surface area contributed by atoms with E-state index in [9.17, 15) is 14.4 Å². The van der Waals surface area contributed by atoms with Crippen molar-refractivity contribution in [2.24, 2.45) is 0 Å². The van der Waals surface area contributed by atoms with E-state index < -0.39 is 6.10 Å². The standard InChI is InChI=1S/C61H118O6/c1-4-7-10-13-16-19-21-23-25-26-27-28-29-30-31-32-33-34-35-36-37-39-40-42-45-48-51-54-60(63)66-57-58(56-65-59(62)53-50-47-44-18-15-12-9-6-3)67-61(64)55-52-49-46-43-41-38-24-22-20-17-14-11-8-5-2/h58H,4-57H2,1-3H3. The van der Waals surface area contributed by atoms with Crippen molar-refractivity contribution >= 4 is 17.9 Å². The van der Waals surface area contributed by atoms with Gasteiger partial charge in [-0.3, -0.25) is 14.4 Å². The monoisotopic (exact) mass is 947 g/mol. The molecule has 6 nitrogen and oxygen atoms in total. The first kappa shape index (κ1) is 65.4. The first-order chi connectivity index (χ1) is 33.0. The maximum absolute atomic E-state index is 12.8. The minimum absolute atomic E-state index is 0.0616. The molecule has 0 N–H and O–H groups in total. The zero-order valence-electron chi connectivity index (χ0n) is 45.7. The summed E-state index contributed by atoms with van der Waals surface area (Å²) in [6.45, 7) is 6.68. The van der Waals surface area contributed by atoms with Gasteiger partial charge in [-0.05, 0) is 19.3 Å². The third-order valence-electron chi connectivity index (χ3n) is 14.1. The molecule has 0 amide bonds. The number of hydrogen-bond donors (Lipinski definition) is 0. The molecular formula is C61H118O6. The van der Waals surface area contributed by atoms with Gasteiger partial charge >= 0.3 is 17.9 Å². The number of ether oxygens (including phenoxy) is 3. The highest BCUT2D eigenvalue weighted by Crippen LogP contribution is 2.18. The highest BCUT2D eigenvalue weighted by atomic mass is 16.6. The Morgan fingerprint density at radius 2 is 0.403 bits per heavy atom. The van der Waals surface area contributed by atoms with E-state index in [4.69, 9.17) is 14.2 Å². The molecule has 67 heavy (non-hydrogen) atoms. The Morgan fingerprint density at radius 3 is 0.597 bits per heavy atom. The van der Waals surface area contributed by atoms with E-state index in [0.717, 1.165) is 57.8 Å². The molecule has 1 unspecified atom stereocenters. The summed E-state index contributed by atoms with van der Waals surface area (Å²) in [5, 5.41) is 0. The highest BCUT2D eigenvalue weighted by molar-refractivity contribution is 5.71. The van der Waals surface area contributed by atoms with Crippen molar-refractivity contribution in [3.63, 3.8) is 0 Å². The van der Waals surface area contributed by atoms with Gasteiger partial charge in [0.25, 0.3) is 0 Å². The van der Waals surface area contributed by atoms with Gasteiger partial charge in [0.05, 0.1) is 0 Å². The van der Waals surface area contributed by atoms with Crippen LogP contribution in [0.5, 0.6) is 0 Å². The first-order valence-corrected chi connectivity index (χ1v) is 30.5. The molecule has 0 rings (SSSR count). The van der Waals surface area contributed by atoms with E-state index >= 15 is 0 Å². The van der Waals surface area contributed by atoms with Gasteiger partial charge in [-0.1, -0.05) is 316 Å². The molecule has 0 heterocycles. The van der Waals surface area contributed by atoms with Crippen molar-refractivity contribution in [2.75, 3.05) is 13.2 Å². The van der Waals surface area contributed by atoms with E-state index in [1.54, 1.807) is 0 Å². The number of unbranched alkanes of at least 4 members (excludes halogenated alkanes) is 46. The second kappa shape index (κ2) is 57.0. The van der Waals surface area contributed by atoms with Crippen LogP contribution in [0.15, 0.2) is 0 Å². The van der Waals surface area contributed by atoms with Crippen molar-refractivity contribution in [2.45, 2.75) is 361 Å². The molecule has 0 aliphatic carbocycles. The number of esters is 3. The smallest absolute Gasteiger partial charge is 0.306 e. The van der Waals surface area contributed by atoms with Crippen LogP contribution in [0, 0.1) is 0 Å². The number of carbonyl (C=O) groups excluding carboxylic acids is 3. The second-order valence-corrected chi connectivity index (χ2v) is 21.0. The van der Waals surface area contributed by atoms with Crippen LogP contribution in [0.1, 0.15) is 355 Å². The van der Waals surface area contributed by atoms with E-state index in [0.29, 0.717) is 19.3 Å². The molecule has 0 saturated carbocycles. The van der Waals surface area contributed by atoms with Gasteiger partial charge in [-0.15, -0.1) is 0 Å². The average Bonchev–Trinajstić information content (AvgIpc) is 3.33. The minimum Gasteiger partial charge on any atom is -0.462 e. The average molecular weight is 948 g/mol. The van der Waals surface area contributed by atoms with E-state index in [1.807, 2.05) is 0 Å². The molecule has 0 aromatic rings. The summed E-state index contributed by atoms with van der Waals surface area (Å²) in [5.41, 5.74) is 0. The first-order valence-electron chi connectivity index (χ1n) is 30.5. The SMILES string of the molecule is CCCCCCCCCCCCCCCCCCCCCCCCCCCCCC(=O)OCC(COC(=O)CCCCCCCCCC)OC(=O)CCCCCCCCCCCCCCCC. The number of rotatable bonds is 57. The molecule has 6 heteroatoms. The molecule has 0 fully saturated rings. The molecule has 0 aliphatic rings. The van der Waals surface area contributed by atoms with Crippen LogP contribution in [-0.4, -0.2) is 37.2 Å². The van der Waals surface area contributed by atoms with Crippen molar-refractivity contribution in [3.05, 3.63) is 0 Å². The Bertz CT molecular complexity index is 998. The lowest BCUT2D eigenvalue weighted by molar-refractivity contribution is -0.167. The molecule has 0 aromatic carbocycles. The van der Waals surface area contributed by atoms with E-state index in [-0.39, 0.29) is 31.1 Å². The normalized spacial score (nSPS) is 11.9. The van der Waals surface area contributed by atoms with Crippen molar-refractivity contribution in [1.29, 1.82) is 0 Å². The van der Waals surface area contributed by atoms with Gasteiger partial charge in [0.2, 0.25) is 0 Å². The Morgan fingerprint density at radius 1 is 0.239 bits per heavy atom. The van der Waals surface area contributed by atoms with Gasteiger partial charge in [-0.2, -0.15) is 0 Å². The molecule has 398 valence electrons. The molecule has 0 radical (unpaired) electrons. The van der Waals surface area contributed by atoms with Crippen LogP contribution in [0.25, 0.3) is 0 Å². The minimum atomic E-state index is -0.760. The van der Waals surface area contributed by atoms with Crippen LogP contribution in [-0.2, 0) is 28.6 Å². The fourth-order valence-electron chi connectivity index (χ4n) is 9.51. The molecule has 0 aromatic heterocycles. The highest BCUT2D eigenvalue weighted by Gasteiger charge is 2.19. The van der Waals surface area contributed by atoms with Crippen LogP contribution in [0.4, 0.5) is 0 Å². The van der Waals surface area contributed by atoms with E-state index in [2.05, 4.69) is 20.8 Å². The van der Waals surface area contributed by atoms with Crippen molar-refractivity contribution in [1.82, 2.24) is 0 Å². The molecular weight excluding hydrogens is 829 g/mol.